The van der Waals surface area contributed by atoms with Gasteiger partial charge in [-0.15, -0.1) is 0 Å². The Morgan fingerprint density at radius 1 is 0.284 bits per heavy atom. The number of nitrogens with zero attached hydrogens (tertiary/aromatic N) is 3. The zero-order valence-electron chi connectivity index (χ0n) is 47.8. The second-order valence-electron chi connectivity index (χ2n) is 25.1. The largest absolute Gasteiger partial charge is 0.399 e. The van der Waals surface area contributed by atoms with E-state index in [1.54, 1.807) is 0 Å². The van der Waals surface area contributed by atoms with Gasteiger partial charge in [-0.05, 0) is 283 Å². The Morgan fingerprint density at radius 2 is 0.511 bits per heavy atom. The fourth-order valence-electron chi connectivity index (χ4n) is 17.2. The minimum atomic E-state index is -0.445. The number of β-amino-alcohol motifs (C(OH)–C–C–N with tert-alkyl or cyclic N) is 1. The number of aryl methyl sites for hydroxylation is 6. The number of nitrogen functional groups attached to an aromatic ring is 4. The standard InChI is InChI=1S/C74H55N7O7/c75-39-7-19-45-33(27-39)1-13-53-57(45)58-46-20-8-40(76)28-34(46)2-14-54(58)66-65(53)71(85)80(72(66)86)43-11-23-49-37(31-43)5-17-51-61(49)62-50-24-12-44(32-38(50)6-18-52(62)64-63(51)69(83)79(25-26-82)70(64)84)81-73(87)67-55-15-3-35-29-41(77)9-21-47(35)59(55)60-48-22-10-42(78)30-36(48)4-16-56(60)68(67)74(81)88/h7-12,19-24,27-32,82H,1-6,13-18,25-26,75-78H2. The van der Waals surface area contributed by atoms with Crippen molar-refractivity contribution in [3.8, 4) is 66.8 Å². The molecule has 9 N–H and O–H groups in total. The molecule has 9 aromatic carbocycles. The highest BCUT2D eigenvalue weighted by atomic mass is 16.3. The highest BCUT2D eigenvalue weighted by Crippen LogP contribution is 2.56. The molecule has 0 atom stereocenters. The van der Waals surface area contributed by atoms with Crippen LogP contribution in [0.15, 0.2) is 109 Å². The van der Waals surface area contributed by atoms with Crippen LogP contribution in [0, 0.1) is 0 Å². The molecule has 0 fully saturated rings. The van der Waals surface area contributed by atoms with Crippen LogP contribution in [0.25, 0.3) is 66.8 Å². The number of rotatable bonds is 4. The van der Waals surface area contributed by atoms with Crippen LogP contribution in [-0.4, -0.2) is 58.6 Å². The van der Waals surface area contributed by atoms with Gasteiger partial charge in [0.15, 0.2) is 0 Å². The van der Waals surface area contributed by atoms with Gasteiger partial charge in [0.25, 0.3) is 35.4 Å². The van der Waals surface area contributed by atoms with Crippen LogP contribution in [0.2, 0.25) is 0 Å². The van der Waals surface area contributed by atoms with E-state index >= 15 is 19.2 Å². The van der Waals surface area contributed by atoms with Crippen molar-refractivity contribution < 1.29 is 33.9 Å². The molecular weight excluding hydrogens is 1100 g/mol. The highest BCUT2D eigenvalue weighted by molar-refractivity contribution is 6.38. The molecule has 88 heavy (non-hydrogen) atoms. The number of fused-ring (bicyclic) bond motifs is 30. The van der Waals surface area contributed by atoms with Crippen LogP contribution in [0.4, 0.5) is 34.1 Å². The molecule has 6 amide bonds. The van der Waals surface area contributed by atoms with E-state index in [2.05, 4.69) is 0 Å². The lowest BCUT2D eigenvalue weighted by Gasteiger charge is -2.31. The summed E-state index contributed by atoms with van der Waals surface area (Å²) in [6, 6.07) is 35.2. The Hall–Kier alpha value is -10.4. The van der Waals surface area contributed by atoms with Crippen molar-refractivity contribution in [2.24, 2.45) is 0 Å². The number of hydrogen-bond donors (Lipinski definition) is 5. The van der Waals surface area contributed by atoms with Crippen LogP contribution in [0.1, 0.15) is 129 Å². The first-order valence-corrected chi connectivity index (χ1v) is 30.5. The maximum atomic E-state index is 15.4. The van der Waals surface area contributed by atoms with Crippen LogP contribution in [0.5, 0.6) is 0 Å². The van der Waals surface area contributed by atoms with Gasteiger partial charge >= 0.3 is 0 Å². The average Bonchev–Trinajstić information content (AvgIpc) is 1.43. The van der Waals surface area contributed by atoms with Gasteiger partial charge in [-0.1, -0.05) is 36.4 Å². The lowest BCUT2D eigenvalue weighted by molar-refractivity contribution is 0.0622. The molecule has 3 aliphatic heterocycles. The molecule has 6 aliphatic carbocycles. The van der Waals surface area contributed by atoms with Crippen molar-refractivity contribution in [1.29, 1.82) is 0 Å². The number of amides is 6. The number of carbonyl (C=O) groups excluding carboxylic acids is 6. The molecule has 14 heteroatoms. The van der Waals surface area contributed by atoms with Crippen molar-refractivity contribution in [2.75, 3.05) is 45.9 Å². The van der Waals surface area contributed by atoms with Gasteiger partial charge in [0, 0.05) is 22.7 Å². The topological polar surface area (TPSA) is 236 Å². The molecule has 14 nitrogen and oxygen atoms in total. The molecule has 0 saturated heterocycles. The van der Waals surface area contributed by atoms with E-state index in [1.165, 1.54) is 9.80 Å². The molecule has 0 spiro atoms. The summed E-state index contributed by atoms with van der Waals surface area (Å²) in [7, 11) is 0. The summed E-state index contributed by atoms with van der Waals surface area (Å²) in [6.07, 6.45) is 6.45. The van der Waals surface area contributed by atoms with Crippen molar-refractivity contribution >= 4 is 69.6 Å². The van der Waals surface area contributed by atoms with Gasteiger partial charge in [-0.2, -0.15) is 0 Å². The van der Waals surface area contributed by atoms with Crippen molar-refractivity contribution in [2.45, 2.75) is 77.0 Å². The van der Waals surface area contributed by atoms with Crippen LogP contribution in [0.3, 0.4) is 0 Å². The first kappa shape index (κ1) is 50.8. The van der Waals surface area contributed by atoms with Gasteiger partial charge in [-0.25, -0.2) is 9.80 Å². The van der Waals surface area contributed by atoms with Crippen molar-refractivity contribution in [3.05, 3.63) is 209 Å². The predicted octanol–water partition coefficient (Wildman–Crippen LogP) is 10.8. The molecule has 0 aromatic heterocycles. The molecular formula is C74H55N7O7. The Kier molecular flexibility index (Phi) is 10.3. The average molecular weight is 1150 g/mol. The molecule has 428 valence electrons. The number of hydrogen-bond acceptors (Lipinski definition) is 11. The monoisotopic (exact) mass is 1150 g/mol. The van der Waals surface area contributed by atoms with Gasteiger partial charge in [-0.3, -0.25) is 33.7 Å². The Labute approximate surface area is 505 Å². The van der Waals surface area contributed by atoms with E-state index in [-0.39, 0.29) is 30.2 Å². The minimum Gasteiger partial charge on any atom is -0.399 e. The number of benzene rings is 9. The number of aliphatic hydroxyl groups is 1. The molecule has 0 radical (unpaired) electrons. The molecule has 9 aliphatic rings. The molecule has 0 unspecified atom stereocenters. The summed E-state index contributed by atoms with van der Waals surface area (Å²) < 4.78 is 0. The maximum Gasteiger partial charge on any atom is 0.266 e. The zero-order valence-corrected chi connectivity index (χ0v) is 47.8. The lowest BCUT2D eigenvalue weighted by atomic mass is 9.72. The normalized spacial score (nSPS) is 16.5. The lowest BCUT2D eigenvalue weighted by Crippen LogP contribution is -2.32. The first-order valence-electron chi connectivity index (χ1n) is 30.5. The minimum absolute atomic E-state index is 0.153. The Morgan fingerprint density at radius 3 is 0.761 bits per heavy atom. The van der Waals surface area contributed by atoms with Crippen molar-refractivity contribution in [3.63, 3.8) is 0 Å². The summed E-state index contributed by atoms with van der Waals surface area (Å²) in [5.74, 6) is -2.35. The third kappa shape index (κ3) is 6.59. The SMILES string of the molecule is Nc1ccc2c(c1)CCc1c3c(c4c(c1-2)-c1ccc(N)cc1CC4)C(=O)N(c1ccc2c(c1)CCc1c4c(c5c(c1-2)-c1ccc(N2C(=O)c6c7c(c8c(c6C2=O)CCc2cc(N)ccc2-8)-c2ccc(N)cc2CC7)cc1CC5)C(=O)N(CCO)C4=O)C3=O. The number of aliphatic hydroxyl groups excluding tert-OH is 1. The van der Waals surface area contributed by atoms with E-state index in [4.69, 9.17) is 22.9 Å². The van der Waals surface area contributed by atoms with E-state index in [1.807, 2.05) is 109 Å². The molecule has 3 heterocycles. The van der Waals surface area contributed by atoms with Crippen LogP contribution in [-0.2, 0) is 77.0 Å². The number of imide groups is 3. The molecule has 9 aromatic rings. The van der Waals surface area contributed by atoms with Gasteiger partial charge in [0.1, 0.15) is 0 Å². The molecule has 18 rings (SSSR count). The van der Waals surface area contributed by atoms with E-state index in [0.717, 1.165) is 138 Å². The quantitative estimate of drug-likeness (QED) is 0.0821. The van der Waals surface area contributed by atoms with Crippen molar-refractivity contribution in [1.82, 2.24) is 4.90 Å². The first-order chi connectivity index (χ1) is 42.8. The van der Waals surface area contributed by atoms with E-state index in [0.29, 0.717) is 145 Å². The van der Waals surface area contributed by atoms with E-state index < -0.39 is 18.4 Å². The fourth-order valence-corrected chi connectivity index (χ4v) is 17.2. The third-order valence-electron chi connectivity index (χ3n) is 20.7. The Balaban J connectivity index is 0.766. The number of anilines is 6. The summed E-state index contributed by atoms with van der Waals surface area (Å²) in [5.41, 5.74) is 53.5. The smallest absolute Gasteiger partial charge is 0.266 e. The predicted molar refractivity (Wildman–Crippen MR) is 339 cm³/mol. The summed E-state index contributed by atoms with van der Waals surface area (Å²) in [4.78, 5) is 94.5. The van der Waals surface area contributed by atoms with Gasteiger partial charge in [0.05, 0.1) is 57.9 Å². The number of carbonyl (C=O) groups is 6. The van der Waals surface area contributed by atoms with Gasteiger partial charge < -0.3 is 28.0 Å². The van der Waals surface area contributed by atoms with E-state index in [9.17, 15) is 14.7 Å². The van der Waals surface area contributed by atoms with Gasteiger partial charge in [0.2, 0.25) is 0 Å². The Bertz CT molecular complexity index is 4470. The zero-order chi connectivity index (χ0) is 59.6. The highest BCUT2D eigenvalue weighted by Gasteiger charge is 2.49. The maximum absolute atomic E-state index is 15.4. The fraction of sp³-hybridized carbons (Fsp3) is 0.189. The summed E-state index contributed by atoms with van der Waals surface area (Å²) in [6.45, 7) is -0.546. The molecule has 0 bridgehead atoms. The summed E-state index contributed by atoms with van der Waals surface area (Å²) in [5, 5.41) is 10.2. The third-order valence-corrected chi connectivity index (χ3v) is 20.7. The van der Waals surface area contributed by atoms with Crippen LogP contribution < -0.4 is 32.7 Å². The summed E-state index contributed by atoms with van der Waals surface area (Å²) >= 11 is 0. The number of nitrogens with two attached hydrogens (primary N) is 4. The second-order valence-corrected chi connectivity index (χ2v) is 25.1. The van der Waals surface area contributed by atoms with Crippen LogP contribution >= 0.6 is 0 Å². The second kappa shape index (κ2) is 17.8. The molecule has 0 saturated carbocycles.